The van der Waals surface area contributed by atoms with E-state index in [0.717, 1.165) is 5.69 Å². The number of para-hydroxylation sites is 1. The van der Waals surface area contributed by atoms with Crippen molar-refractivity contribution < 1.29 is 23.5 Å². The molecule has 1 fully saturated rings. The van der Waals surface area contributed by atoms with E-state index in [-0.39, 0.29) is 28.1 Å². The summed E-state index contributed by atoms with van der Waals surface area (Å²) in [6, 6.07) is 16.5. The standard InChI is InChI=1S/C27H23ClFN3O4S2/c1-31(2)17-8-10-18(11-9-17)32-26(34)23(38-27(32)37)14-16-12-19(28)25(22(13-16)35-3)36-15-24(33)30-21-7-5-4-6-20(21)29/h4-14H,15H2,1-3H3,(H,30,33)/b23-14-. The third-order valence-electron chi connectivity index (χ3n) is 5.46. The molecule has 0 radical (unpaired) electrons. The molecule has 3 aromatic rings. The summed E-state index contributed by atoms with van der Waals surface area (Å²) in [5, 5.41) is 2.61. The van der Waals surface area contributed by atoms with Gasteiger partial charge in [0.05, 0.1) is 28.4 Å². The van der Waals surface area contributed by atoms with Gasteiger partial charge in [-0.25, -0.2) is 4.39 Å². The van der Waals surface area contributed by atoms with Crippen LogP contribution in [0.15, 0.2) is 65.6 Å². The maximum atomic E-state index is 13.8. The van der Waals surface area contributed by atoms with Gasteiger partial charge in [-0.2, -0.15) is 0 Å². The first-order valence-electron chi connectivity index (χ1n) is 11.3. The largest absolute Gasteiger partial charge is 0.493 e. The van der Waals surface area contributed by atoms with Gasteiger partial charge in [-0.15, -0.1) is 0 Å². The van der Waals surface area contributed by atoms with E-state index in [1.54, 1.807) is 24.3 Å². The summed E-state index contributed by atoms with van der Waals surface area (Å²) in [6.07, 6.45) is 1.66. The van der Waals surface area contributed by atoms with Gasteiger partial charge in [0.15, 0.2) is 22.4 Å². The number of rotatable bonds is 8. The molecule has 0 spiro atoms. The molecule has 1 aliphatic heterocycles. The molecule has 3 aromatic carbocycles. The number of methoxy groups -OCH3 is 1. The van der Waals surface area contributed by atoms with Gasteiger partial charge in [-0.3, -0.25) is 14.5 Å². The number of benzene rings is 3. The summed E-state index contributed by atoms with van der Waals surface area (Å²) in [5.41, 5.74) is 2.30. The SMILES string of the molecule is COc1cc(/C=C2\SC(=S)N(c3ccc(N(C)C)cc3)C2=O)cc(Cl)c1OCC(=O)Nc1ccccc1F. The Balaban J connectivity index is 1.50. The van der Waals surface area contributed by atoms with Gasteiger partial charge in [0.2, 0.25) is 0 Å². The fraction of sp³-hybridized carbons (Fsp3) is 0.148. The number of thiocarbonyl (C=S) groups is 1. The van der Waals surface area contributed by atoms with Crippen molar-refractivity contribution in [3.05, 3.63) is 82.0 Å². The number of hydrogen-bond acceptors (Lipinski definition) is 7. The van der Waals surface area contributed by atoms with Crippen molar-refractivity contribution in [1.29, 1.82) is 0 Å². The summed E-state index contributed by atoms with van der Waals surface area (Å²) >= 11 is 13.1. The minimum absolute atomic E-state index is 0.0421. The topological polar surface area (TPSA) is 71.1 Å². The van der Waals surface area contributed by atoms with E-state index in [9.17, 15) is 14.0 Å². The molecule has 38 heavy (non-hydrogen) atoms. The zero-order valence-electron chi connectivity index (χ0n) is 20.7. The van der Waals surface area contributed by atoms with Gasteiger partial charge in [0.25, 0.3) is 11.8 Å². The number of thioether (sulfide) groups is 1. The predicted octanol–water partition coefficient (Wildman–Crippen LogP) is 5.98. The minimum Gasteiger partial charge on any atom is -0.493 e. The minimum atomic E-state index is -0.570. The number of halogens is 2. The van der Waals surface area contributed by atoms with E-state index in [0.29, 0.717) is 20.5 Å². The highest BCUT2D eigenvalue weighted by Gasteiger charge is 2.33. The molecule has 11 heteroatoms. The van der Waals surface area contributed by atoms with Crippen LogP contribution in [-0.4, -0.2) is 43.9 Å². The number of anilines is 3. The first-order chi connectivity index (χ1) is 18.2. The Kier molecular flexibility index (Phi) is 8.55. The van der Waals surface area contributed by atoms with Crippen LogP contribution in [-0.2, 0) is 9.59 Å². The number of hydrogen-bond donors (Lipinski definition) is 1. The van der Waals surface area contributed by atoms with Crippen LogP contribution < -0.4 is 24.6 Å². The molecule has 0 saturated carbocycles. The summed E-state index contributed by atoms with van der Waals surface area (Å²) in [6.45, 7) is -0.422. The second kappa shape index (κ2) is 11.8. The molecule has 4 rings (SSSR count). The second-order valence-corrected chi connectivity index (χ2v) is 10.4. The Morgan fingerprint density at radius 1 is 1.18 bits per heavy atom. The Bertz CT molecular complexity index is 1430. The molecule has 1 heterocycles. The number of carbonyl (C=O) groups is 2. The number of carbonyl (C=O) groups excluding carboxylic acids is 2. The van der Waals surface area contributed by atoms with Gasteiger partial charge >= 0.3 is 0 Å². The summed E-state index contributed by atoms with van der Waals surface area (Å²) in [7, 11) is 5.31. The lowest BCUT2D eigenvalue weighted by Crippen LogP contribution is -2.27. The van der Waals surface area contributed by atoms with Crippen LogP contribution in [0.5, 0.6) is 11.5 Å². The van der Waals surface area contributed by atoms with Gasteiger partial charge in [-0.1, -0.05) is 47.7 Å². The quantitative estimate of drug-likeness (QED) is 0.263. The van der Waals surface area contributed by atoms with Gasteiger partial charge < -0.3 is 19.7 Å². The molecule has 0 aliphatic carbocycles. The third kappa shape index (κ3) is 6.09. The van der Waals surface area contributed by atoms with E-state index >= 15 is 0 Å². The van der Waals surface area contributed by atoms with E-state index in [1.165, 1.54) is 42.0 Å². The van der Waals surface area contributed by atoms with E-state index in [2.05, 4.69) is 5.32 Å². The molecule has 7 nitrogen and oxygen atoms in total. The lowest BCUT2D eigenvalue weighted by atomic mass is 10.1. The van der Waals surface area contributed by atoms with Crippen molar-refractivity contribution >= 4 is 74.9 Å². The van der Waals surface area contributed by atoms with E-state index in [1.807, 2.05) is 43.3 Å². The van der Waals surface area contributed by atoms with Crippen LogP contribution in [0, 0.1) is 5.82 Å². The molecule has 0 unspecified atom stereocenters. The molecule has 0 bridgehead atoms. The van der Waals surface area contributed by atoms with Crippen LogP contribution in [0.25, 0.3) is 6.08 Å². The second-order valence-electron chi connectivity index (χ2n) is 8.28. The molecule has 1 N–H and O–H groups in total. The van der Waals surface area contributed by atoms with Crippen molar-refractivity contribution in [1.82, 2.24) is 0 Å². The number of nitrogens with zero attached hydrogens (tertiary/aromatic N) is 2. The van der Waals surface area contributed by atoms with Crippen molar-refractivity contribution in [3.63, 3.8) is 0 Å². The summed E-state index contributed by atoms with van der Waals surface area (Å²) in [5.74, 6) is -0.977. The van der Waals surface area contributed by atoms with Crippen LogP contribution in [0.2, 0.25) is 5.02 Å². The fourth-order valence-corrected chi connectivity index (χ4v) is 5.16. The van der Waals surface area contributed by atoms with Crippen molar-refractivity contribution in [2.24, 2.45) is 0 Å². The molecule has 1 aliphatic rings. The first-order valence-corrected chi connectivity index (χ1v) is 12.9. The van der Waals surface area contributed by atoms with E-state index in [4.69, 9.17) is 33.3 Å². The van der Waals surface area contributed by atoms with Crippen LogP contribution in [0.3, 0.4) is 0 Å². The molecule has 1 saturated heterocycles. The highest BCUT2D eigenvalue weighted by atomic mass is 35.5. The molecule has 2 amide bonds. The average molecular weight is 572 g/mol. The highest BCUT2D eigenvalue weighted by Crippen LogP contribution is 2.40. The van der Waals surface area contributed by atoms with Crippen molar-refractivity contribution in [2.45, 2.75) is 0 Å². The monoisotopic (exact) mass is 571 g/mol. The Morgan fingerprint density at radius 2 is 1.89 bits per heavy atom. The molecular weight excluding hydrogens is 549 g/mol. The normalized spacial score (nSPS) is 14.1. The predicted molar refractivity (Wildman–Crippen MR) is 155 cm³/mol. The number of ether oxygens (including phenoxy) is 2. The van der Waals surface area contributed by atoms with Gasteiger partial charge in [-0.05, 0) is 60.2 Å². The molecule has 196 valence electrons. The average Bonchev–Trinajstić information content (AvgIpc) is 3.16. The maximum absolute atomic E-state index is 13.8. The molecular formula is C27H23ClFN3O4S2. The maximum Gasteiger partial charge on any atom is 0.270 e. The zero-order valence-corrected chi connectivity index (χ0v) is 23.0. The van der Waals surface area contributed by atoms with Crippen LogP contribution in [0.1, 0.15) is 5.56 Å². The molecule has 0 aromatic heterocycles. The Hall–Kier alpha value is -3.60. The van der Waals surface area contributed by atoms with Crippen LogP contribution in [0.4, 0.5) is 21.5 Å². The highest BCUT2D eigenvalue weighted by molar-refractivity contribution is 8.27. The smallest absolute Gasteiger partial charge is 0.270 e. The fourth-order valence-electron chi connectivity index (χ4n) is 3.59. The van der Waals surface area contributed by atoms with Gasteiger partial charge in [0.1, 0.15) is 5.82 Å². The Labute approximate surface area is 234 Å². The summed E-state index contributed by atoms with van der Waals surface area (Å²) in [4.78, 5) is 29.3. The zero-order chi connectivity index (χ0) is 27.4. The number of nitrogens with one attached hydrogen (secondary N) is 1. The van der Waals surface area contributed by atoms with Crippen LogP contribution >= 0.6 is 35.6 Å². The lowest BCUT2D eigenvalue weighted by molar-refractivity contribution is -0.118. The van der Waals surface area contributed by atoms with E-state index < -0.39 is 18.3 Å². The van der Waals surface area contributed by atoms with Gasteiger partial charge in [0, 0.05) is 19.8 Å². The third-order valence-corrected chi connectivity index (χ3v) is 7.05. The lowest BCUT2D eigenvalue weighted by Gasteiger charge is -2.17. The Morgan fingerprint density at radius 3 is 2.55 bits per heavy atom. The molecule has 0 atom stereocenters. The first kappa shape index (κ1) is 27.4. The van der Waals surface area contributed by atoms with Crippen molar-refractivity contribution in [2.75, 3.05) is 42.9 Å². The number of amides is 2. The van der Waals surface area contributed by atoms with Crippen molar-refractivity contribution in [3.8, 4) is 11.5 Å². The summed E-state index contributed by atoms with van der Waals surface area (Å²) < 4.78 is 25.2.